The van der Waals surface area contributed by atoms with Gasteiger partial charge in [0.25, 0.3) is 0 Å². The average molecular weight is 312 g/mol. The van der Waals surface area contributed by atoms with Gasteiger partial charge in [0.05, 0.1) is 0 Å². The number of thiocarbonyl (C=S) groups is 1. The van der Waals surface area contributed by atoms with Crippen LogP contribution in [0.2, 0.25) is 0 Å². The van der Waals surface area contributed by atoms with E-state index < -0.39 is 0 Å². The van der Waals surface area contributed by atoms with Gasteiger partial charge in [-0.2, -0.15) is 0 Å². The van der Waals surface area contributed by atoms with Crippen molar-refractivity contribution in [2.75, 3.05) is 31.7 Å². The van der Waals surface area contributed by atoms with E-state index in [0.717, 1.165) is 28.4 Å². The second-order valence-electron chi connectivity index (χ2n) is 5.54. The molecule has 0 aliphatic carbocycles. The maximum absolute atomic E-state index is 5.91. The third kappa shape index (κ3) is 4.36. The van der Waals surface area contributed by atoms with Crippen molar-refractivity contribution in [2.45, 2.75) is 31.2 Å². The first-order chi connectivity index (χ1) is 9.29. The standard InChI is InChI=1S/C15H25N3S2/c1-6-20-12-9-7-8-11(13(12)14(16)19)17-10-15(2,3)18(4)5/h7-9,17H,6,10H2,1-5H3,(H2,16,19). The zero-order chi connectivity index (χ0) is 15.3. The average Bonchev–Trinajstić information content (AvgIpc) is 2.36. The van der Waals surface area contributed by atoms with Gasteiger partial charge in [0.15, 0.2) is 0 Å². The Morgan fingerprint density at radius 1 is 1.40 bits per heavy atom. The Morgan fingerprint density at radius 3 is 2.55 bits per heavy atom. The molecule has 3 N–H and O–H groups in total. The first kappa shape index (κ1) is 17.3. The molecule has 1 aromatic rings. The van der Waals surface area contributed by atoms with Gasteiger partial charge in [-0.25, -0.2) is 0 Å². The molecule has 0 saturated carbocycles. The highest BCUT2D eigenvalue weighted by Gasteiger charge is 2.21. The molecule has 0 fully saturated rings. The fourth-order valence-electron chi connectivity index (χ4n) is 1.68. The molecule has 0 aliphatic rings. The number of benzene rings is 1. The van der Waals surface area contributed by atoms with Gasteiger partial charge in [0, 0.05) is 28.2 Å². The quantitative estimate of drug-likeness (QED) is 0.598. The summed E-state index contributed by atoms with van der Waals surface area (Å²) >= 11 is 6.99. The molecule has 1 rings (SSSR count). The van der Waals surface area contributed by atoms with Gasteiger partial charge < -0.3 is 16.0 Å². The van der Waals surface area contributed by atoms with Crippen LogP contribution < -0.4 is 11.1 Å². The van der Waals surface area contributed by atoms with Crippen molar-refractivity contribution < 1.29 is 0 Å². The van der Waals surface area contributed by atoms with E-state index in [1.807, 2.05) is 12.1 Å². The SMILES string of the molecule is CCSc1cccc(NCC(C)(C)N(C)C)c1C(N)=S. The fraction of sp³-hybridized carbons (Fsp3) is 0.533. The summed E-state index contributed by atoms with van der Waals surface area (Å²) in [6.45, 7) is 7.36. The summed E-state index contributed by atoms with van der Waals surface area (Å²) in [5.41, 5.74) is 7.95. The van der Waals surface area contributed by atoms with Crippen LogP contribution in [0.1, 0.15) is 26.3 Å². The van der Waals surface area contributed by atoms with Crippen molar-refractivity contribution in [3.63, 3.8) is 0 Å². The number of rotatable bonds is 7. The Balaban J connectivity index is 3.00. The number of thioether (sulfide) groups is 1. The van der Waals surface area contributed by atoms with E-state index in [2.05, 4.69) is 51.1 Å². The van der Waals surface area contributed by atoms with Crippen molar-refractivity contribution >= 4 is 34.7 Å². The molecule has 112 valence electrons. The molecule has 0 aliphatic heterocycles. The zero-order valence-corrected chi connectivity index (χ0v) is 14.6. The summed E-state index contributed by atoms with van der Waals surface area (Å²) in [4.78, 5) is 3.80. The fourth-order valence-corrected chi connectivity index (χ4v) is 2.81. The number of anilines is 1. The Hall–Kier alpha value is -0.780. The number of nitrogens with one attached hydrogen (secondary N) is 1. The molecule has 0 atom stereocenters. The monoisotopic (exact) mass is 311 g/mol. The van der Waals surface area contributed by atoms with E-state index >= 15 is 0 Å². The van der Waals surface area contributed by atoms with Gasteiger partial charge in [-0.3, -0.25) is 0 Å². The summed E-state index contributed by atoms with van der Waals surface area (Å²) in [5.74, 6) is 1.00. The van der Waals surface area contributed by atoms with E-state index in [1.54, 1.807) is 11.8 Å². The number of hydrogen-bond acceptors (Lipinski definition) is 4. The molecule has 0 amide bonds. The van der Waals surface area contributed by atoms with Crippen molar-refractivity contribution in [3.05, 3.63) is 23.8 Å². The minimum absolute atomic E-state index is 0.0569. The van der Waals surface area contributed by atoms with E-state index in [1.165, 1.54) is 0 Å². The number of hydrogen-bond donors (Lipinski definition) is 2. The summed E-state index contributed by atoms with van der Waals surface area (Å²) in [6, 6.07) is 6.16. The molecule has 0 saturated heterocycles. The van der Waals surface area contributed by atoms with Gasteiger partial charge in [-0.05, 0) is 45.8 Å². The first-order valence-electron chi connectivity index (χ1n) is 6.76. The van der Waals surface area contributed by atoms with Crippen LogP contribution in [0.5, 0.6) is 0 Å². The maximum atomic E-state index is 5.91. The van der Waals surface area contributed by atoms with Crippen LogP contribution in [0.4, 0.5) is 5.69 Å². The Bertz CT molecular complexity index is 470. The third-order valence-corrected chi connectivity index (χ3v) is 4.64. The van der Waals surface area contributed by atoms with Crippen LogP contribution in [0.15, 0.2) is 23.1 Å². The molecule has 0 heterocycles. The highest BCUT2D eigenvalue weighted by molar-refractivity contribution is 7.99. The number of nitrogens with two attached hydrogens (primary N) is 1. The molecule has 0 radical (unpaired) electrons. The van der Waals surface area contributed by atoms with E-state index in [9.17, 15) is 0 Å². The summed E-state index contributed by atoms with van der Waals surface area (Å²) in [6.07, 6.45) is 0. The van der Waals surface area contributed by atoms with Crippen LogP contribution in [-0.2, 0) is 0 Å². The summed E-state index contributed by atoms with van der Waals surface area (Å²) < 4.78 is 0. The minimum atomic E-state index is 0.0569. The van der Waals surface area contributed by atoms with Crippen LogP contribution in [-0.4, -0.2) is 41.8 Å². The molecule has 0 bridgehead atoms. The lowest BCUT2D eigenvalue weighted by atomic mass is 10.0. The Morgan fingerprint density at radius 2 is 2.05 bits per heavy atom. The third-order valence-electron chi connectivity index (χ3n) is 3.49. The molecule has 20 heavy (non-hydrogen) atoms. The lowest BCUT2D eigenvalue weighted by Crippen LogP contribution is -2.44. The maximum Gasteiger partial charge on any atom is 0.107 e. The van der Waals surface area contributed by atoms with E-state index in [0.29, 0.717) is 4.99 Å². The van der Waals surface area contributed by atoms with E-state index in [-0.39, 0.29) is 5.54 Å². The van der Waals surface area contributed by atoms with Crippen molar-refractivity contribution in [3.8, 4) is 0 Å². The Labute approximate surface area is 132 Å². The first-order valence-corrected chi connectivity index (χ1v) is 8.16. The highest BCUT2D eigenvalue weighted by atomic mass is 32.2. The largest absolute Gasteiger partial charge is 0.389 e. The van der Waals surface area contributed by atoms with Gasteiger partial charge in [-0.1, -0.05) is 25.2 Å². The predicted molar refractivity (Wildman–Crippen MR) is 95.0 cm³/mol. The molecule has 5 heteroatoms. The molecule has 1 aromatic carbocycles. The van der Waals surface area contributed by atoms with Gasteiger partial charge in [0.2, 0.25) is 0 Å². The summed E-state index contributed by atoms with van der Waals surface area (Å²) in [7, 11) is 4.17. The lowest BCUT2D eigenvalue weighted by Gasteiger charge is -2.33. The van der Waals surface area contributed by atoms with Crippen LogP contribution >= 0.6 is 24.0 Å². The molecular formula is C15H25N3S2. The van der Waals surface area contributed by atoms with Crippen LogP contribution in [0.25, 0.3) is 0 Å². The van der Waals surface area contributed by atoms with Crippen LogP contribution in [0, 0.1) is 0 Å². The van der Waals surface area contributed by atoms with Gasteiger partial charge in [0.1, 0.15) is 4.99 Å². The topological polar surface area (TPSA) is 41.3 Å². The summed E-state index contributed by atoms with van der Waals surface area (Å²) in [5, 5.41) is 3.49. The van der Waals surface area contributed by atoms with Crippen molar-refractivity contribution in [2.24, 2.45) is 5.73 Å². The smallest absolute Gasteiger partial charge is 0.107 e. The van der Waals surface area contributed by atoms with Crippen molar-refractivity contribution in [1.82, 2.24) is 4.90 Å². The number of nitrogens with zero attached hydrogens (tertiary/aromatic N) is 1. The molecule has 0 aromatic heterocycles. The molecular weight excluding hydrogens is 286 g/mol. The minimum Gasteiger partial charge on any atom is -0.389 e. The normalized spacial score (nSPS) is 11.7. The molecule has 3 nitrogen and oxygen atoms in total. The molecule has 0 unspecified atom stereocenters. The lowest BCUT2D eigenvalue weighted by molar-refractivity contribution is 0.210. The van der Waals surface area contributed by atoms with Gasteiger partial charge in [-0.15, -0.1) is 11.8 Å². The van der Waals surface area contributed by atoms with E-state index in [4.69, 9.17) is 18.0 Å². The molecule has 0 spiro atoms. The Kier molecular flexibility index (Phi) is 6.30. The zero-order valence-electron chi connectivity index (χ0n) is 13.0. The predicted octanol–water partition coefficient (Wildman–Crippen LogP) is 3.18. The second kappa shape index (κ2) is 7.29. The number of likely N-dealkylation sites (N-methyl/N-ethyl adjacent to an activating group) is 1. The van der Waals surface area contributed by atoms with Crippen LogP contribution in [0.3, 0.4) is 0 Å². The van der Waals surface area contributed by atoms with Gasteiger partial charge >= 0.3 is 0 Å². The van der Waals surface area contributed by atoms with Crippen molar-refractivity contribution in [1.29, 1.82) is 0 Å². The second-order valence-corrected chi connectivity index (χ2v) is 7.28. The highest BCUT2D eigenvalue weighted by Crippen LogP contribution is 2.29.